The van der Waals surface area contributed by atoms with E-state index in [0.29, 0.717) is 6.29 Å². The van der Waals surface area contributed by atoms with Gasteiger partial charge >= 0.3 is 0 Å². The first-order valence-corrected chi connectivity index (χ1v) is 4.74. The van der Waals surface area contributed by atoms with Crippen molar-refractivity contribution in [2.45, 2.75) is 6.43 Å². The zero-order valence-electron chi connectivity index (χ0n) is 6.10. The number of carbonyl (C=O) groups excluding carboxylic acids is 1. The Bertz CT molecular complexity index is 344. The van der Waals surface area contributed by atoms with Gasteiger partial charge in [-0.3, -0.25) is 4.79 Å². The molecular formula is C7H3Br2F2NO. The van der Waals surface area contributed by atoms with Gasteiger partial charge in [0.15, 0.2) is 6.29 Å². The molecule has 0 bridgehead atoms. The largest absolute Gasteiger partial charge is 0.296 e. The predicted molar refractivity (Wildman–Crippen MR) is 50.0 cm³/mol. The Kier molecular flexibility index (Phi) is 3.49. The number of rotatable bonds is 2. The smallest absolute Gasteiger partial charge is 0.265 e. The third-order valence-corrected chi connectivity index (χ3v) is 3.26. The Morgan fingerprint density at radius 2 is 2.08 bits per heavy atom. The van der Waals surface area contributed by atoms with E-state index in [0.717, 1.165) is 6.07 Å². The van der Waals surface area contributed by atoms with Gasteiger partial charge in [0.1, 0.15) is 10.3 Å². The van der Waals surface area contributed by atoms with E-state index in [1.54, 1.807) is 0 Å². The number of halogens is 4. The molecule has 0 aliphatic carbocycles. The molecule has 0 aliphatic heterocycles. The first kappa shape index (κ1) is 10.7. The maximum absolute atomic E-state index is 12.3. The third-order valence-electron chi connectivity index (χ3n) is 1.32. The molecule has 1 heterocycles. The van der Waals surface area contributed by atoms with Gasteiger partial charge in [0.05, 0.1) is 4.47 Å². The summed E-state index contributed by atoms with van der Waals surface area (Å²) in [6.45, 7) is 0. The number of aldehydes is 1. The summed E-state index contributed by atoms with van der Waals surface area (Å²) in [4.78, 5) is 14.0. The van der Waals surface area contributed by atoms with E-state index in [4.69, 9.17) is 0 Å². The number of aromatic nitrogens is 1. The zero-order valence-corrected chi connectivity index (χ0v) is 9.27. The maximum Gasteiger partial charge on any atom is 0.265 e. The molecule has 1 rings (SSSR count). The SMILES string of the molecule is O=Cc1cc(C(F)F)c(Br)c(Br)n1. The van der Waals surface area contributed by atoms with Crippen molar-refractivity contribution in [3.05, 3.63) is 26.4 Å². The third kappa shape index (κ3) is 2.31. The van der Waals surface area contributed by atoms with E-state index >= 15 is 0 Å². The van der Waals surface area contributed by atoms with Crippen molar-refractivity contribution in [1.29, 1.82) is 0 Å². The topological polar surface area (TPSA) is 30.0 Å². The van der Waals surface area contributed by atoms with Crippen LogP contribution in [0, 0.1) is 0 Å². The van der Waals surface area contributed by atoms with E-state index in [-0.39, 0.29) is 20.3 Å². The van der Waals surface area contributed by atoms with E-state index in [2.05, 4.69) is 36.8 Å². The van der Waals surface area contributed by atoms with Crippen molar-refractivity contribution in [3.8, 4) is 0 Å². The average Bonchev–Trinajstić information content (AvgIpc) is 2.09. The van der Waals surface area contributed by atoms with Gasteiger partial charge in [0.2, 0.25) is 0 Å². The van der Waals surface area contributed by atoms with Crippen LogP contribution in [0.3, 0.4) is 0 Å². The van der Waals surface area contributed by atoms with Crippen molar-refractivity contribution in [3.63, 3.8) is 0 Å². The Morgan fingerprint density at radius 1 is 1.46 bits per heavy atom. The van der Waals surface area contributed by atoms with Crippen LogP contribution < -0.4 is 0 Å². The Labute approximate surface area is 89.6 Å². The fourth-order valence-corrected chi connectivity index (χ4v) is 1.57. The molecule has 0 fully saturated rings. The summed E-state index contributed by atoms with van der Waals surface area (Å²) in [5.41, 5.74) is -0.269. The average molecular weight is 315 g/mol. The monoisotopic (exact) mass is 313 g/mol. The molecule has 0 radical (unpaired) electrons. The summed E-state index contributed by atoms with van der Waals surface area (Å²) in [5, 5.41) is 0. The molecule has 0 aromatic carbocycles. The highest BCUT2D eigenvalue weighted by molar-refractivity contribution is 9.13. The lowest BCUT2D eigenvalue weighted by atomic mass is 10.2. The van der Waals surface area contributed by atoms with Crippen LogP contribution in [0.15, 0.2) is 15.1 Å². The van der Waals surface area contributed by atoms with Crippen molar-refractivity contribution in [1.82, 2.24) is 4.98 Å². The summed E-state index contributed by atoms with van der Waals surface area (Å²) in [7, 11) is 0. The van der Waals surface area contributed by atoms with Gasteiger partial charge in [-0.1, -0.05) is 0 Å². The summed E-state index contributed by atoms with van der Waals surface area (Å²) < 4.78 is 25.0. The van der Waals surface area contributed by atoms with Crippen molar-refractivity contribution in [2.75, 3.05) is 0 Å². The molecule has 0 amide bonds. The molecule has 70 valence electrons. The van der Waals surface area contributed by atoms with Crippen LogP contribution in [0.2, 0.25) is 0 Å². The normalized spacial score (nSPS) is 10.5. The van der Waals surface area contributed by atoms with Crippen LogP contribution >= 0.6 is 31.9 Å². The standard InChI is InChI=1S/C7H3Br2F2NO/c8-5-4(7(10)11)1-3(2-13)12-6(5)9/h1-2,7H. The van der Waals surface area contributed by atoms with Crippen LogP contribution in [0.4, 0.5) is 8.78 Å². The Balaban J connectivity index is 3.32. The minimum Gasteiger partial charge on any atom is -0.296 e. The van der Waals surface area contributed by atoms with Crippen LogP contribution in [0.5, 0.6) is 0 Å². The number of hydrogen-bond donors (Lipinski definition) is 0. The maximum atomic E-state index is 12.3. The summed E-state index contributed by atoms with van der Waals surface area (Å²) >= 11 is 5.89. The number of nitrogens with zero attached hydrogens (tertiary/aromatic N) is 1. The van der Waals surface area contributed by atoms with Gasteiger partial charge in [-0.05, 0) is 37.9 Å². The fourth-order valence-electron chi connectivity index (χ4n) is 0.756. The van der Waals surface area contributed by atoms with E-state index in [1.165, 1.54) is 0 Å². The Morgan fingerprint density at radius 3 is 2.54 bits per heavy atom. The highest BCUT2D eigenvalue weighted by Crippen LogP contribution is 2.32. The number of hydrogen-bond acceptors (Lipinski definition) is 2. The minimum absolute atomic E-state index is 0.0228. The van der Waals surface area contributed by atoms with Crippen LogP contribution in [-0.2, 0) is 0 Å². The molecule has 0 aliphatic rings. The lowest BCUT2D eigenvalue weighted by Gasteiger charge is -2.04. The fraction of sp³-hybridized carbons (Fsp3) is 0.143. The first-order valence-electron chi connectivity index (χ1n) is 3.15. The van der Waals surface area contributed by atoms with Crippen molar-refractivity contribution >= 4 is 38.1 Å². The van der Waals surface area contributed by atoms with Gasteiger partial charge in [-0.25, -0.2) is 13.8 Å². The van der Waals surface area contributed by atoms with Crippen molar-refractivity contribution < 1.29 is 13.6 Å². The van der Waals surface area contributed by atoms with E-state index in [1.807, 2.05) is 0 Å². The zero-order chi connectivity index (χ0) is 10.0. The number of carbonyl (C=O) groups is 1. The van der Waals surface area contributed by atoms with Crippen molar-refractivity contribution in [2.24, 2.45) is 0 Å². The number of alkyl halides is 2. The van der Waals surface area contributed by atoms with Crippen LogP contribution in [0.1, 0.15) is 22.5 Å². The van der Waals surface area contributed by atoms with Gasteiger partial charge in [-0.15, -0.1) is 0 Å². The molecular weight excluding hydrogens is 312 g/mol. The van der Waals surface area contributed by atoms with Crippen LogP contribution in [-0.4, -0.2) is 11.3 Å². The minimum atomic E-state index is -2.63. The summed E-state index contributed by atoms with van der Waals surface area (Å²) in [6.07, 6.45) is -2.21. The lowest BCUT2D eigenvalue weighted by Crippen LogP contribution is -1.95. The van der Waals surface area contributed by atoms with E-state index < -0.39 is 6.43 Å². The summed E-state index contributed by atoms with van der Waals surface area (Å²) in [6, 6.07) is 1.05. The van der Waals surface area contributed by atoms with Gasteiger partial charge in [-0.2, -0.15) is 0 Å². The molecule has 0 saturated carbocycles. The molecule has 1 aromatic heterocycles. The molecule has 0 atom stereocenters. The lowest BCUT2D eigenvalue weighted by molar-refractivity contribution is 0.111. The second-order valence-corrected chi connectivity index (χ2v) is 3.70. The quantitative estimate of drug-likeness (QED) is 0.619. The molecule has 0 spiro atoms. The number of pyridine rings is 1. The van der Waals surface area contributed by atoms with Gasteiger partial charge < -0.3 is 0 Å². The molecule has 0 N–H and O–H groups in total. The molecule has 2 nitrogen and oxygen atoms in total. The second-order valence-electron chi connectivity index (χ2n) is 2.16. The van der Waals surface area contributed by atoms with E-state index in [9.17, 15) is 13.6 Å². The molecule has 1 aromatic rings. The molecule has 6 heteroatoms. The molecule has 0 saturated heterocycles. The highest BCUT2D eigenvalue weighted by Gasteiger charge is 2.15. The molecule has 13 heavy (non-hydrogen) atoms. The van der Waals surface area contributed by atoms with Gasteiger partial charge in [0.25, 0.3) is 6.43 Å². The van der Waals surface area contributed by atoms with Gasteiger partial charge in [0, 0.05) is 5.56 Å². The molecule has 0 unspecified atom stereocenters. The first-order chi connectivity index (χ1) is 6.06. The Hall–Kier alpha value is -0.360. The summed E-state index contributed by atoms with van der Waals surface area (Å²) in [5.74, 6) is 0. The van der Waals surface area contributed by atoms with Crippen LogP contribution in [0.25, 0.3) is 0 Å². The second kappa shape index (κ2) is 4.23. The highest BCUT2D eigenvalue weighted by atomic mass is 79.9. The predicted octanol–water partition coefficient (Wildman–Crippen LogP) is 3.36.